The number of hydrogen-bond acceptors (Lipinski definition) is 2. The first-order chi connectivity index (χ1) is 6.41. The van der Waals surface area contributed by atoms with Crippen LogP contribution in [0.15, 0.2) is 0 Å². The maximum absolute atomic E-state index is 8.51. The molecule has 0 aromatic carbocycles. The average molecular weight is 188 g/mol. The standard InChI is InChI=1S/C10H22NO2/c12-9-5-1-3-7-11-8-4-2-6-10-13/h12-13H,1-10H2. The molecule has 0 saturated heterocycles. The summed E-state index contributed by atoms with van der Waals surface area (Å²) in [5.41, 5.74) is 0. The fraction of sp³-hybridized carbons (Fsp3) is 1.00. The van der Waals surface area contributed by atoms with Crippen molar-refractivity contribution in [3.8, 4) is 0 Å². The molecule has 0 bridgehead atoms. The molecule has 0 amide bonds. The van der Waals surface area contributed by atoms with E-state index in [0.29, 0.717) is 13.2 Å². The third kappa shape index (κ3) is 11.9. The quantitative estimate of drug-likeness (QED) is 0.501. The fourth-order valence-electron chi connectivity index (χ4n) is 1.14. The number of rotatable bonds is 10. The summed E-state index contributed by atoms with van der Waals surface area (Å²) in [6.45, 7) is 2.46. The number of hydrogen-bond donors (Lipinski definition) is 2. The Morgan fingerprint density at radius 1 is 0.615 bits per heavy atom. The third-order valence-corrected chi connectivity index (χ3v) is 1.95. The minimum absolute atomic E-state index is 0.302. The molecule has 1 radical (unpaired) electrons. The van der Waals surface area contributed by atoms with Gasteiger partial charge in [0.2, 0.25) is 0 Å². The fourth-order valence-corrected chi connectivity index (χ4v) is 1.14. The molecule has 13 heavy (non-hydrogen) atoms. The van der Waals surface area contributed by atoms with Gasteiger partial charge in [-0.3, -0.25) is 0 Å². The first kappa shape index (κ1) is 12.9. The van der Waals surface area contributed by atoms with Crippen molar-refractivity contribution < 1.29 is 10.2 Å². The van der Waals surface area contributed by atoms with Crippen LogP contribution in [0.3, 0.4) is 0 Å². The number of nitrogens with zero attached hydrogens (tertiary/aromatic N) is 1. The zero-order chi connectivity index (χ0) is 9.78. The molecule has 0 aromatic rings. The highest BCUT2D eigenvalue weighted by molar-refractivity contribution is 4.49. The van der Waals surface area contributed by atoms with Crippen LogP contribution < -0.4 is 5.32 Å². The van der Waals surface area contributed by atoms with Crippen molar-refractivity contribution >= 4 is 0 Å². The predicted molar refractivity (Wildman–Crippen MR) is 53.7 cm³/mol. The van der Waals surface area contributed by atoms with Crippen LogP contribution in [0, 0.1) is 0 Å². The summed E-state index contributed by atoms with van der Waals surface area (Å²) in [5, 5.41) is 21.4. The van der Waals surface area contributed by atoms with E-state index in [1.165, 1.54) is 0 Å². The zero-order valence-electron chi connectivity index (χ0n) is 8.41. The summed E-state index contributed by atoms with van der Waals surface area (Å²) in [7, 11) is 0. The van der Waals surface area contributed by atoms with Crippen molar-refractivity contribution in [1.29, 1.82) is 0 Å². The van der Waals surface area contributed by atoms with E-state index in [9.17, 15) is 0 Å². The van der Waals surface area contributed by atoms with Crippen LogP contribution in [0.5, 0.6) is 0 Å². The van der Waals surface area contributed by atoms with Crippen molar-refractivity contribution in [2.24, 2.45) is 0 Å². The molecule has 0 saturated carbocycles. The molecule has 0 unspecified atom stereocenters. The molecular formula is C10H22NO2. The highest BCUT2D eigenvalue weighted by atomic mass is 16.3. The lowest BCUT2D eigenvalue weighted by molar-refractivity contribution is 0.281. The second kappa shape index (κ2) is 11.9. The SMILES string of the molecule is OCCCCC[N]CCCCCO. The molecule has 0 aromatic heterocycles. The molecule has 0 atom stereocenters. The molecule has 2 N–H and O–H groups in total. The lowest BCUT2D eigenvalue weighted by Gasteiger charge is -2.01. The van der Waals surface area contributed by atoms with Gasteiger partial charge < -0.3 is 10.2 Å². The number of aliphatic hydroxyl groups is 2. The smallest absolute Gasteiger partial charge is 0.0431 e. The molecule has 0 spiro atoms. The highest BCUT2D eigenvalue weighted by Crippen LogP contribution is 1.95. The highest BCUT2D eigenvalue weighted by Gasteiger charge is 1.91. The minimum Gasteiger partial charge on any atom is -0.396 e. The summed E-state index contributed by atoms with van der Waals surface area (Å²) in [5.74, 6) is 0. The van der Waals surface area contributed by atoms with Crippen LogP contribution >= 0.6 is 0 Å². The van der Waals surface area contributed by atoms with Crippen LogP contribution in [0.25, 0.3) is 0 Å². The van der Waals surface area contributed by atoms with Gasteiger partial charge in [0, 0.05) is 26.3 Å². The summed E-state index contributed by atoms with van der Waals surface area (Å²) >= 11 is 0. The molecule has 0 aliphatic rings. The van der Waals surface area contributed by atoms with Gasteiger partial charge in [0.05, 0.1) is 0 Å². The van der Waals surface area contributed by atoms with E-state index in [-0.39, 0.29) is 0 Å². The number of unbranched alkanes of at least 4 members (excludes halogenated alkanes) is 4. The van der Waals surface area contributed by atoms with E-state index in [1.807, 2.05) is 0 Å². The van der Waals surface area contributed by atoms with Crippen LogP contribution in [-0.4, -0.2) is 36.5 Å². The molecule has 3 heteroatoms. The van der Waals surface area contributed by atoms with E-state index in [0.717, 1.165) is 51.6 Å². The second-order valence-corrected chi connectivity index (χ2v) is 3.24. The Morgan fingerprint density at radius 2 is 1.08 bits per heavy atom. The van der Waals surface area contributed by atoms with Crippen LogP contribution in [-0.2, 0) is 0 Å². The Morgan fingerprint density at radius 3 is 1.46 bits per heavy atom. The summed E-state index contributed by atoms with van der Waals surface area (Å²) < 4.78 is 0. The van der Waals surface area contributed by atoms with Crippen molar-refractivity contribution in [1.82, 2.24) is 5.32 Å². The first-order valence-corrected chi connectivity index (χ1v) is 5.26. The van der Waals surface area contributed by atoms with Gasteiger partial charge in [-0.25, -0.2) is 5.32 Å². The van der Waals surface area contributed by atoms with Crippen LogP contribution in [0.1, 0.15) is 38.5 Å². The topological polar surface area (TPSA) is 54.6 Å². The second-order valence-electron chi connectivity index (χ2n) is 3.24. The number of aliphatic hydroxyl groups excluding tert-OH is 2. The predicted octanol–water partition coefficient (Wildman–Crippen LogP) is 0.916. The Bertz CT molecular complexity index is 79.0. The van der Waals surface area contributed by atoms with Crippen molar-refractivity contribution in [3.63, 3.8) is 0 Å². The van der Waals surface area contributed by atoms with Crippen LogP contribution in [0.2, 0.25) is 0 Å². The van der Waals surface area contributed by atoms with Gasteiger partial charge in [0.15, 0.2) is 0 Å². The van der Waals surface area contributed by atoms with Crippen molar-refractivity contribution in [3.05, 3.63) is 0 Å². The van der Waals surface area contributed by atoms with Gasteiger partial charge in [-0.15, -0.1) is 0 Å². The van der Waals surface area contributed by atoms with Gasteiger partial charge in [-0.05, 0) is 38.5 Å². The van der Waals surface area contributed by atoms with Gasteiger partial charge >= 0.3 is 0 Å². The van der Waals surface area contributed by atoms with E-state index < -0.39 is 0 Å². The Balaban J connectivity index is 2.76. The average Bonchev–Trinajstić information content (AvgIpc) is 2.16. The summed E-state index contributed by atoms with van der Waals surface area (Å²) in [6, 6.07) is 0. The monoisotopic (exact) mass is 188 g/mol. The van der Waals surface area contributed by atoms with Gasteiger partial charge in [-0.1, -0.05) is 0 Å². The Hall–Kier alpha value is -0.120. The van der Waals surface area contributed by atoms with Crippen molar-refractivity contribution in [2.45, 2.75) is 38.5 Å². The zero-order valence-corrected chi connectivity index (χ0v) is 8.41. The molecule has 0 rings (SSSR count). The minimum atomic E-state index is 0.302. The first-order valence-electron chi connectivity index (χ1n) is 5.26. The van der Waals surface area contributed by atoms with Gasteiger partial charge in [-0.2, -0.15) is 0 Å². The lowest BCUT2D eigenvalue weighted by Crippen LogP contribution is -2.08. The third-order valence-electron chi connectivity index (χ3n) is 1.95. The molecule has 0 heterocycles. The largest absolute Gasteiger partial charge is 0.396 e. The summed E-state index contributed by atoms with van der Waals surface area (Å²) in [4.78, 5) is 0. The molecule has 0 aliphatic carbocycles. The molecule has 3 nitrogen and oxygen atoms in total. The maximum atomic E-state index is 8.51. The van der Waals surface area contributed by atoms with E-state index in [2.05, 4.69) is 5.32 Å². The molecule has 0 aliphatic heterocycles. The van der Waals surface area contributed by atoms with Crippen molar-refractivity contribution in [2.75, 3.05) is 26.3 Å². The van der Waals surface area contributed by atoms with Gasteiger partial charge in [0.1, 0.15) is 0 Å². The summed E-state index contributed by atoms with van der Waals surface area (Å²) in [6.07, 6.45) is 6.16. The van der Waals surface area contributed by atoms with E-state index >= 15 is 0 Å². The van der Waals surface area contributed by atoms with Crippen LogP contribution in [0.4, 0.5) is 0 Å². The molecular weight excluding hydrogens is 166 g/mol. The lowest BCUT2D eigenvalue weighted by atomic mass is 10.2. The van der Waals surface area contributed by atoms with Gasteiger partial charge in [0.25, 0.3) is 0 Å². The Labute approximate surface area is 81.2 Å². The normalized spacial score (nSPS) is 10.6. The molecule has 0 fully saturated rings. The van der Waals surface area contributed by atoms with E-state index in [4.69, 9.17) is 10.2 Å². The maximum Gasteiger partial charge on any atom is 0.0431 e. The Kier molecular flexibility index (Phi) is 11.8. The molecule has 79 valence electrons. The van der Waals surface area contributed by atoms with E-state index in [1.54, 1.807) is 0 Å².